The van der Waals surface area contributed by atoms with Crippen molar-refractivity contribution in [3.05, 3.63) is 71.1 Å². The number of hydrogen-bond acceptors (Lipinski definition) is 1. The van der Waals surface area contributed by atoms with E-state index < -0.39 is 48.3 Å². The van der Waals surface area contributed by atoms with Gasteiger partial charge in [0.2, 0.25) is 0 Å². The SMILES string of the molecule is [2H]c1c([2H])c([2H])c2c(-c3cc(Cl)ccc3C(=O)O)c([2H])c([2H])c([2H])c2c1[2H]. The fraction of sp³-hybridized carbons (Fsp3) is 0. The molecule has 0 aliphatic heterocycles. The Balaban J connectivity index is 2.68. The number of fused-ring (bicyclic) bond motifs is 1. The van der Waals surface area contributed by atoms with Crippen LogP contribution in [0.3, 0.4) is 0 Å². The topological polar surface area (TPSA) is 37.3 Å². The highest BCUT2D eigenvalue weighted by Gasteiger charge is 2.14. The van der Waals surface area contributed by atoms with Crippen LogP contribution in [0.15, 0.2) is 60.5 Å². The van der Waals surface area contributed by atoms with E-state index in [4.69, 9.17) is 21.2 Å². The molecule has 0 saturated heterocycles. The normalized spacial score (nSPS) is 15.6. The number of benzene rings is 3. The summed E-state index contributed by atoms with van der Waals surface area (Å²) in [7, 11) is 0. The average molecular weight is 290 g/mol. The highest BCUT2D eigenvalue weighted by molar-refractivity contribution is 6.31. The molecule has 0 fully saturated rings. The fourth-order valence-electron chi connectivity index (χ4n) is 1.92. The molecule has 0 aliphatic carbocycles. The van der Waals surface area contributed by atoms with E-state index in [9.17, 15) is 9.90 Å². The first kappa shape index (κ1) is 6.91. The van der Waals surface area contributed by atoms with E-state index in [1.165, 1.54) is 18.2 Å². The summed E-state index contributed by atoms with van der Waals surface area (Å²) in [6, 6.07) is 0.0283. The zero-order valence-electron chi connectivity index (χ0n) is 17.0. The molecule has 0 heterocycles. The molecule has 0 spiro atoms. The quantitative estimate of drug-likeness (QED) is 0.731. The van der Waals surface area contributed by atoms with Crippen molar-refractivity contribution < 1.29 is 19.5 Å². The monoisotopic (exact) mass is 289 g/mol. The van der Waals surface area contributed by atoms with Crippen LogP contribution in [0.4, 0.5) is 0 Å². The van der Waals surface area contributed by atoms with Gasteiger partial charge in [-0.2, -0.15) is 0 Å². The Morgan fingerprint density at radius 3 is 2.60 bits per heavy atom. The van der Waals surface area contributed by atoms with Crippen LogP contribution in [0, 0.1) is 0 Å². The summed E-state index contributed by atoms with van der Waals surface area (Å²) >= 11 is 5.98. The van der Waals surface area contributed by atoms with Crippen LogP contribution in [-0.2, 0) is 0 Å². The molecule has 0 aliphatic rings. The van der Waals surface area contributed by atoms with E-state index in [1.807, 2.05) is 0 Å². The average Bonchev–Trinajstić information content (AvgIpc) is 2.62. The molecule has 0 amide bonds. The Bertz CT molecular complexity index is 1140. The van der Waals surface area contributed by atoms with Crippen LogP contribution in [0.2, 0.25) is 5.02 Å². The second kappa shape index (κ2) is 4.99. The summed E-state index contributed by atoms with van der Waals surface area (Å²) in [5.74, 6) is -1.32. The molecule has 98 valence electrons. The van der Waals surface area contributed by atoms with E-state index in [-0.39, 0.29) is 32.5 Å². The molecule has 0 bridgehead atoms. The van der Waals surface area contributed by atoms with E-state index in [0.717, 1.165) is 0 Å². The summed E-state index contributed by atoms with van der Waals surface area (Å²) in [5.41, 5.74) is -0.458. The number of carboxylic acids is 1. The van der Waals surface area contributed by atoms with Crippen molar-refractivity contribution in [2.24, 2.45) is 0 Å². The van der Waals surface area contributed by atoms with Crippen molar-refractivity contribution >= 4 is 28.3 Å². The van der Waals surface area contributed by atoms with Crippen LogP contribution >= 0.6 is 11.6 Å². The van der Waals surface area contributed by atoms with E-state index in [0.29, 0.717) is 0 Å². The lowest BCUT2D eigenvalue weighted by atomic mass is 9.95. The minimum absolute atomic E-state index is 0.0523. The summed E-state index contributed by atoms with van der Waals surface area (Å²) in [6.07, 6.45) is 0. The van der Waals surface area contributed by atoms with Crippen LogP contribution in [0.1, 0.15) is 20.0 Å². The standard InChI is InChI=1S/C17H11ClO2/c18-12-8-9-15(17(19)20)16(10-12)14-7-3-5-11-4-1-2-6-13(11)14/h1-10H,(H,19,20)/i1D,2D,3D,4D,5D,6D,7D. The van der Waals surface area contributed by atoms with Gasteiger partial charge in [0, 0.05) is 5.02 Å². The molecular formula is C17H11ClO2. The second-order valence-corrected chi connectivity index (χ2v) is 4.43. The van der Waals surface area contributed by atoms with Gasteiger partial charge in [-0.1, -0.05) is 53.9 Å². The first-order valence-electron chi connectivity index (χ1n) is 9.10. The van der Waals surface area contributed by atoms with Gasteiger partial charge in [0.05, 0.1) is 15.2 Å². The zero-order valence-corrected chi connectivity index (χ0v) is 10.7. The summed E-state index contributed by atoms with van der Waals surface area (Å²) in [5, 5.41) is 9.22. The third-order valence-corrected chi connectivity index (χ3v) is 3.03. The predicted molar refractivity (Wildman–Crippen MR) is 81.4 cm³/mol. The lowest BCUT2D eigenvalue weighted by Crippen LogP contribution is -1.99. The van der Waals surface area contributed by atoms with Crippen molar-refractivity contribution in [3.63, 3.8) is 0 Å². The van der Waals surface area contributed by atoms with Crippen molar-refractivity contribution in [2.45, 2.75) is 0 Å². The Morgan fingerprint density at radius 1 is 1.05 bits per heavy atom. The number of aromatic carboxylic acids is 1. The van der Waals surface area contributed by atoms with Gasteiger partial charge < -0.3 is 5.11 Å². The van der Waals surface area contributed by atoms with Gasteiger partial charge in [0.15, 0.2) is 0 Å². The summed E-state index contributed by atoms with van der Waals surface area (Å²) in [6.45, 7) is 0. The lowest BCUT2D eigenvalue weighted by molar-refractivity contribution is 0.0698. The van der Waals surface area contributed by atoms with E-state index in [2.05, 4.69) is 0 Å². The molecule has 0 aromatic heterocycles. The predicted octanol–water partition coefficient (Wildman–Crippen LogP) is 4.86. The maximum atomic E-state index is 11.6. The molecule has 0 atom stereocenters. The van der Waals surface area contributed by atoms with Crippen molar-refractivity contribution in [3.8, 4) is 11.1 Å². The smallest absolute Gasteiger partial charge is 0.336 e. The van der Waals surface area contributed by atoms with Gasteiger partial charge in [-0.25, -0.2) is 4.79 Å². The number of carbonyl (C=O) groups is 1. The van der Waals surface area contributed by atoms with Crippen LogP contribution in [0.25, 0.3) is 21.9 Å². The van der Waals surface area contributed by atoms with Gasteiger partial charge in [-0.3, -0.25) is 0 Å². The number of hydrogen-bond donors (Lipinski definition) is 1. The molecule has 2 nitrogen and oxygen atoms in total. The molecule has 3 rings (SSSR count). The molecule has 0 unspecified atom stereocenters. The highest BCUT2D eigenvalue weighted by Crippen LogP contribution is 2.32. The maximum absolute atomic E-state index is 11.6. The first-order chi connectivity index (χ1) is 12.6. The molecule has 20 heavy (non-hydrogen) atoms. The first-order valence-corrected chi connectivity index (χ1v) is 5.98. The molecule has 0 radical (unpaired) electrons. The van der Waals surface area contributed by atoms with Crippen molar-refractivity contribution in [1.82, 2.24) is 0 Å². The van der Waals surface area contributed by atoms with Crippen LogP contribution < -0.4 is 0 Å². The second-order valence-electron chi connectivity index (χ2n) is 4.00. The van der Waals surface area contributed by atoms with Crippen LogP contribution in [0.5, 0.6) is 0 Å². The minimum atomic E-state index is -1.32. The Labute approximate surface area is 131 Å². The fourth-order valence-corrected chi connectivity index (χ4v) is 2.10. The molecule has 3 aromatic carbocycles. The van der Waals surface area contributed by atoms with Crippen molar-refractivity contribution in [1.29, 1.82) is 0 Å². The van der Waals surface area contributed by atoms with Gasteiger partial charge in [-0.05, 0) is 40.1 Å². The molecule has 1 N–H and O–H groups in total. The largest absolute Gasteiger partial charge is 0.478 e. The van der Waals surface area contributed by atoms with Gasteiger partial charge >= 0.3 is 5.97 Å². The zero-order chi connectivity index (χ0) is 20.2. The van der Waals surface area contributed by atoms with E-state index in [1.54, 1.807) is 0 Å². The van der Waals surface area contributed by atoms with Gasteiger partial charge in [0.25, 0.3) is 0 Å². The molecule has 0 saturated carbocycles. The third kappa shape index (κ3) is 2.15. The highest BCUT2D eigenvalue weighted by atomic mass is 35.5. The summed E-state index contributed by atoms with van der Waals surface area (Å²) < 4.78 is 56.4. The third-order valence-electron chi connectivity index (χ3n) is 2.79. The van der Waals surface area contributed by atoms with Crippen molar-refractivity contribution in [2.75, 3.05) is 0 Å². The Hall–Kier alpha value is -2.32. The van der Waals surface area contributed by atoms with Gasteiger partial charge in [-0.15, -0.1) is 0 Å². The van der Waals surface area contributed by atoms with Crippen LogP contribution in [-0.4, -0.2) is 11.1 Å². The lowest BCUT2D eigenvalue weighted by Gasteiger charge is -2.10. The van der Waals surface area contributed by atoms with E-state index >= 15 is 0 Å². The molecule has 3 heteroatoms. The number of halogens is 1. The van der Waals surface area contributed by atoms with Gasteiger partial charge in [0.1, 0.15) is 0 Å². The molecule has 3 aromatic rings. The Morgan fingerprint density at radius 2 is 1.80 bits per heavy atom. The summed E-state index contributed by atoms with van der Waals surface area (Å²) in [4.78, 5) is 11.6. The number of carboxylic acid groups (broad SMARTS) is 1. The maximum Gasteiger partial charge on any atom is 0.336 e. The molecular weight excluding hydrogens is 272 g/mol. The minimum Gasteiger partial charge on any atom is -0.478 e. The number of rotatable bonds is 2. The Kier molecular flexibility index (Phi) is 1.72.